The molecule has 5 nitrogen and oxygen atoms in total. The zero-order chi connectivity index (χ0) is 19.3. The molecule has 1 N–H and O–H groups in total. The summed E-state index contributed by atoms with van der Waals surface area (Å²) in [6.07, 6.45) is 0.432. The van der Waals surface area contributed by atoms with Crippen LogP contribution in [0.15, 0.2) is 53.4 Å². The van der Waals surface area contributed by atoms with Gasteiger partial charge in [-0.15, -0.1) is 0 Å². The normalized spacial score (nSPS) is 11.8. The average molecular weight is 378 g/mol. The van der Waals surface area contributed by atoms with Crippen LogP contribution in [0, 0.1) is 5.82 Å². The van der Waals surface area contributed by atoms with Gasteiger partial charge in [-0.05, 0) is 56.2 Å². The predicted molar refractivity (Wildman–Crippen MR) is 99.9 cm³/mol. The largest absolute Gasteiger partial charge is 0.326 e. The number of carbonyl (C=O) groups excluding carboxylic acids is 1. The molecule has 0 bridgehead atoms. The van der Waals surface area contributed by atoms with E-state index in [1.165, 1.54) is 29.6 Å². The number of anilines is 1. The molecule has 0 aliphatic rings. The van der Waals surface area contributed by atoms with Gasteiger partial charge in [0, 0.05) is 25.2 Å². The van der Waals surface area contributed by atoms with Crippen molar-refractivity contribution < 1.29 is 17.6 Å². The van der Waals surface area contributed by atoms with Crippen LogP contribution in [-0.2, 0) is 21.2 Å². The molecular weight excluding hydrogens is 355 g/mol. The number of aryl methyl sites for hydroxylation is 1. The first kappa shape index (κ1) is 20.1. The van der Waals surface area contributed by atoms with Crippen LogP contribution in [0.5, 0.6) is 0 Å². The molecule has 2 aromatic carbocycles. The second-order valence-corrected chi connectivity index (χ2v) is 8.28. The molecule has 0 saturated heterocycles. The van der Waals surface area contributed by atoms with Gasteiger partial charge in [-0.2, -0.15) is 4.31 Å². The van der Waals surface area contributed by atoms with Crippen LogP contribution in [0.25, 0.3) is 0 Å². The number of nitrogens with zero attached hydrogens (tertiary/aromatic N) is 1. The Labute approximate surface area is 153 Å². The first-order valence-corrected chi connectivity index (χ1v) is 9.77. The van der Waals surface area contributed by atoms with Gasteiger partial charge in [-0.1, -0.05) is 18.2 Å². The fourth-order valence-corrected chi connectivity index (χ4v) is 3.69. The Hall–Kier alpha value is -2.25. The summed E-state index contributed by atoms with van der Waals surface area (Å²) in [5.41, 5.74) is 0.982. The fourth-order valence-electron chi connectivity index (χ4n) is 2.33. The molecule has 0 aliphatic carbocycles. The third-order valence-electron chi connectivity index (χ3n) is 4.12. The zero-order valence-electron chi connectivity index (χ0n) is 15.1. The van der Waals surface area contributed by atoms with E-state index in [9.17, 15) is 17.6 Å². The van der Waals surface area contributed by atoms with Crippen LogP contribution in [0.4, 0.5) is 10.1 Å². The summed E-state index contributed by atoms with van der Waals surface area (Å²) in [6.45, 7) is 3.59. The summed E-state index contributed by atoms with van der Waals surface area (Å²) in [4.78, 5) is 12.2. The van der Waals surface area contributed by atoms with Crippen LogP contribution in [0.2, 0.25) is 0 Å². The number of nitrogens with one attached hydrogen (secondary N) is 1. The minimum Gasteiger partial charge on any atom is -0.326 e. The number of carbonyl (C=O) groups is 1. The number of sulfonamides is 1. The number of amides is 1. The van der Waals surface area contributed by atoms with Gasteiger partial charge in [0.2, 0.25) is 15.9 Å². The van der Waals surface area contributed by atoms with Crippen molar-refractivity contribution in [2.75, 3.05) is 12.4 Å². The maximum Gasteiger partial charge on any atom is 0.243 e. The Morgan fingerprint density at radius 3 is 2.31 bits per heavy atom. The van der Waals surface area contributed by atoms with E-state index in [0.717, 1.165) is 0 Å². The van der Waals surface area contributed by atoms with Gasteiger partial charge in [-0.25, -0.2) is 12.8 Å². The second-order valence-electron chi connectivity index (χ2n) is 6.28. The molecular formula is C19H23FN2O3S. The lowest BCUT2D eigenvalue weighted by Crippen LogP contribution is -2.33. The lowest BCUT2D eigenvalue weighted by Gasteiger charge is -2.21. The van der Waals surface area contributed by atoms with E-state index in [-0.39, 0.29) is 29.1 Å². The first-order chi connectivity index (χ1) is 12.2. The Kier molecular flexibility index (Phi) is 6.50. The van der Waals surface area contributed by atoms with E-state index in [4.69, 9.17) is 0 Å². The maximum atomic E-state index is 13.6. The summed E-state index contributed by atoms with van der Waals surface area (Å²) < 4.78 is 39.6. The van der Waals surface area contributed by atoms with Gasteiger partial charge in [0.25, 0.3) is 0 Å². The SMILES string of the molecule is CC(C)N(C)S(=O)(=O)c1ccc(NC(=O)CCc2ccccc2F)cc1. The van der Waals surface area contributed by atoms with Gasteiger partial charge >= 0.3 is 0 Å². The highest BCUT2D eigenvalue weighted by atomic mass is 32.2. The van der Waals surface area contributed by atoms with E-state index in [1.54, 1.807) is 44.2 Å². The van der Waals surface area contributed by atoms with Crippen LogP contribution >= 0.6 is 0 Å². The molecule has 140 valence electrons. The molecule has 0 unspecified atom stereocenters. The van der Waals surface area contributed by atoms with Gasteiger partial charge in [0.05, 0.1) is 4.90 Å². The molecule has 0 atom stereocenters. The number of hydrogen-bond acceptors (Lipinski definition) is 3. The highest BCUT2D eigenvalue weighted by Crippen LogP contribution is 2.19. The second kappa shape index (κ2) is 8.42. The maximum absolute atomic E-state index is 13.6. The van der Waals surface area contributed by atoms with E-state index >= 15 is 0 Å². The lowest BCUT2D eigenvalue weighted by molar-refractivity contribution is -0.116. The molecule has 0 fully saturated rings. The van der Waals surface area contributed by atoms with Crippen molar-refractivity contribution >= 4 is 21.6 Å². The molecule has 0 aromatic heterocycles. The van der Waals surface area contributed by atoms with Crippen molar-refractivity contribution in [2.24, 2.45) is 0 Å². The monoisotopic (exact) mass is 378 g/mol. The van der Waals surface area contributed by atoms with Crippen molar-refractivity contribution in [3.8, 4) is 0 Å². The Morgan fingerprint density at radius 2 is 1.73 bits per heavy atom. The van der Waals surface area contributed by atoms with E-state index in [2.05, 4.69) is 5.32 Å². The minimum absolute atomic E-state index is 0.136. The molecule has 2 rings (SSSR count). The van der Waals surface area contributed by atoms with Crippen LogP contribution in [-0.4, -0.2) is 31.7 Å². The molecule has 0 radical (unpaired) electrons. The van der Waals surface area contributed by atoms with Crippen molar-refractivity contribution in [1.29, 1.82) is 0 Å². The van der Waals surface area contributed by atoms with Gasteiger partial charge in [-0.3, -0.25) is 4.79 Å². The molecule has 0 saturated carbocycles. The Bertz CT molecular complexity index is 865. The average Bonchev–Trinajstić information content (AvgIpc) is 2.60. The quantitative estimate of drug-likeness (QED) is 0.803. The van der Waals surface area contributed by atoms with E-state index < -0.39 is 10.0 Å². The highest BCUT2D eigenvalue weighted by Gasteiger charge is 2.22. The van der Waals surface area contributed by atoms with Crippen LogP contribution < -0.4 is 5.32 Å². The van der Waals surface area contributed by atoms with Crippen molar-refractivity contribution in [1.82, 2.24) is 4.31 Å². The smallest absolute Gasteiger partial charge is 0.243 e. The number of benzene rings is 2. The Balaban J connectivity index is 1.98. The molecule has 1 amide bonds. The van der Waals surface area contributed by atoms with Gasteiger partial charge in [0.1, 0.15) is 5.82 Å². The zero-order valence-corrected chi connectivity index (χ0v) is 15.9. The molecule has 7 heteroatoms. The van der Waals surface area contributed by atoms with Crippen molar-refractivity contribution in [3.05, 3.63) is 59.9 Å². The number of hydrogen-bond donors (Lipinski definition) is 1. The van der Waals surface area contributed by atoms with Crippen LogP contribution in [0.1, 0.15) is 25.8 Å². The number of rotatable bonds is 7. The lowest BCUT2D eigenvalue weighted by atomic mass is 10.1. The molecule has 2 aromatic rings. The fraction of sp³-hybridized carbons (Fsp3) is 0.316. The third-order valence-corrected chi connectivity index (χ3v) is 6.17. The van der Waals surface area contributed by atoms with Crippen LogP contribution in [0.3, 0.4) is 0 Å². The van der Waals surface area contributed by atoms with Crippen molar-refractivity contribution in [2.45, 2.75) is 37.6 Å². The predicted octanol–water partition coefficient (Wildman–Crippen LogP) is 3.43. The highest BCUT2D eigenvalue weighted by molar-refractivity contribution is 7.89. The summed E-state index contributed by atoms with van der Waals surface area (Å²) in [7, 11) is -2.03. The minimum atomic E-state index is -3.56. The number of halogens is 1. The standard InChI is InChI=1S/C19H23FN2O3S/c1-14(2)22(3)26(24,25)17-11-9-16(10-12-17)21-19(23)13-8-15-6-4-5-7-18(15)20/h4-7,9-12,14H,8,13H2,1-3H3,(H,21,23). The van der Waals surface area contributed by atoms with Crippen molar-refractivity contribution in [3.63, 3.8) is 0 Å². The Morgan fingerprint density at radius 1 is 1.12 bits per heavy atom. The van der Waals surface area contributed by atoms with E-state index in [0.29, 0.717) is 17.7 Å². The third kappa shape index (κ3) is 4.89. The summed E-state index contributed by atoms with van der Waals surface area (Å²) in [6, 6.07) is 12.2. The summed E-state index contributed by atoms with van der Waals surface area (Å²) in [5, 5.41) is 2.69. The molecule has 0 aliphatic heterocycles. The first-order valence-electron chi connectivity index (χ1n) is 8.33. The topological polar surface area (TPSA) is 66.5 Å². The van der Waals surface area contributed by atoms with E-state index in [1.807, 2.05) is 0 Å². The molecule has 0 heterocycles. The summed E-state index contributed by atoms with van der Waals surface area (Å²) >= 11 is 0. The van der Waals surface area contributed by atoms with Gasteiger partial charge < -0.3 is 5.32 Å². The summed E-state index contributed by atoms with van der Waals surface area (Å²) in [5.74, 6) is -0.590. The molecule has 26 heavy (non-hydrogen) atoms. The molecule has 0 spiro atoms. The van der Waals surface area contributed by atoms with Gasteiger partial charge in [0.15, 0.2) is 0 Å².